The number of anilines is 3. The summed E-state index contributed by atoms with van der Waals surface area (Å²) < 4.78 is 13.6. The first-order valence-electron chi connectivity index (χ1n) is 7.27. The Hall–Kier alpha value is -2.63. The molecule has 1 aromatic heterocycles. The molecule has 2 N–H and O–H groups in total. The van der Waals surface area contributed by atoms with Crippen molar-refractivity contribution in [2.45, 2.75) is 0 Å². The molecule has 2 aromatic carbocycles. The van der Waals surface area contributed by atoms with Gasteiger partial charge in [0.1, 0.15) is 11.5 Å². The van der Waals surface area contributed by atoms with Crippen LogP contribution in [0.1, 0.15) is 10.5 Å². The quantitative estimate of drug-likeness (QED) is 0.630. The summed E-state index contributed by atoms with van der Waals surface area (Å²) in [5.74, 6) is -1.00. The topological polar surface area (TPSA) is 54.0 Å². The number of pyridine rings is 1. The van der Waals surface area contributed by atoms with E-state index >= 15 is 0 Å². The third-order valence-electron chi connectivity index (χ3n) is 3.33. The summed E-state index contributed by atoms with van der Waals surface area (Å²) in [6.45, 7) is 0. The molecule has 0 unspecified atom stereocenters. The summed E-state index contributed by atoms with van der Waals surface area (Å²) >= 11 is 11.8. The van der Waals surface area contributed by atoms with Crippen molar-refractivity contribution in [3.05, 3.63) is 82.4 Å². The van der Waals surface area contributed by atoms with Gasteiger partial charge in [0.25, 0.3) is 5.91 Å². The van der Waals surface area contributed by atoms with Crippen LogP contribution in [0.3, 0.4) is 0 Å². The van der Waals surface area contributed by atoms with Crippen molar-refractivity contribution >= 4 is 46.2 Å². The molecule has 0 bridgehead atoms. The first-order valence-corrected chi connectivity index (χ1v) is 8.02. The predicted molar refractivity (Wildman–Crippen MR) is 98.3 cm³/mol. The molecule has 1 heterocycles. The first-order chi connectivity index (χ1) is 12.0. The minimum Gasteiger partial charge on any atom is -0.354 e. The molecule has 0 atom stereocenters. The van der Waals surface area contributed by atoms with Gasteiger partial charge in [0, 0.05) is 5.69 Å². The Kier molecular flexibility index (Phi) is 5.16. The summed E-state index contributed by atoms with van der Waals surface area (Å²) in [4.78, 5) is 16.2. The fourth-order valence-corrected chi connectivity index (χ4v) is 2.39. The highest BCUT2D eigenvalue weighted by atomic mass is 35.5. The van der Waals surface area contributed by atoms with Crippen LogP contribution in [0.25, 0.3) is 0 Å². The van der Waals surface area contributed by atoms with E-state index < -0.39 is 11.7 Å². The van der Waals surface area contributed by atoms with Crippen molar-refractivity contribution < 1.29 is 9.18 Å². The molecule has 4 nitrogen and oxygen atoms in total. The van der Waals surface area contributed by atoms with E-state index in [4.69, 9.17) is 23.2 Å². The van der Waals surface area contributed by atoms with Crippen LogP contribution in [0.4, 0.5) is 21.5 Å². The number of hydrogen-bond acceptors (Lipinski definition) is 3. The fourth-order valence-electron chi connectivity index (χ4n) is 2.09. The second-order valence-electron chi connectivity index (χ2n) is 5.12. The van der Waals surface area contributed by atoms with Crippen LogP contribution in [-0.4, -0.2) is 10.9 Å². The van der Waals surface area contributed by atoms with Crippen LogP contribution in [0.15, 0.2) is 60.8 Å². The molecule has 7 heteroatoms. The number of carbonyl (C=O) groups is 1. The fraction of sp³-hybridized carbons (Fsp3) is 0. The van der Waals surface area contributed by atoms with Crippen LogP contribution >= 0.6 is 23.2 Å². The Balaban J connectivity index is 1.70. The molecule has 0 spiro atoms. The van der Waals surface area contributed by atoms with E-state index in [1.165, 1.54) is 24.4 Å². The molecule has 25 heavy (non-hydrogen) atoms. The zero-order valence-corrected chi connectivity index (χ0v) is 14.3. The van der Waals surface area contributed by atoms with Crippen LogP contribution in [-0.2, 0) is 0 Å². The number of nitrogens with one attached hydrogen (secondary N) is 2. The number of benzene rings is 2. The smallest absolute Gasteiger partial charge is 0.274 e. The van der Waals surface area contributed by atoms with E-state index in [2.05, 4.69) is 15.6 Å². The van der Waals surface area contributed by atoms with Gasteiger partial charge in [-0.15, -0.1) is 0 Å². The van der Waals surface area contributed by atoms with Crippen LogP contribution in [0.5, 0.6) is 0 Å². The van der Waals surface area contributed by atoms with E-state index in [-0.39, 0.29) is 11.4 Å². The first kappa shape index (κ1) is 17.2. The van der Waals surface area contributed by atoms with E-state index in [0.717, 1.165) is 5.69 Å². The second-order valence-corrected chi connectivity index (χ2v) is 5.93. The van der Waals surface area contributed by atoms with Gasteiger partial charge in [-0.2, -0.15) is 0 Å². The molecule has 0 saturated heterocycles. The summed E-state index contributed by atoms with van der Waals surface area (Å²) in [6, 6.07) is 14.3. The maximum atomic E-state index is 13.6. The number of para-hydroxylation sites is 1. The highest BCUT2D eigenvalue weighted by Gasteiger charge is 2.10. The summed E-state index contributed by atoms with van der Waals surface area (Å²) in [5.41, 5.74) is 1.68. The molecule has 3 aromatic rings. The van der Waals surface area contributed by atoms with Gasteiger partial charge in [0.05, 0.1) is 27.6 Å². The number of aromatic nitrogens is 1. The van der Waals surface area contributed by atoms with Gasteiger partial charge in [-0.05, 0) is 42.5 Å². The number of rotatable bonds is 4. The van der Waals surface area contributed by atoms with Crippen LogP contribution in [0.2, 0.25) is 10.0 Å². The lowest BCUT2D eigenvalue weighted by atomic mass is 10.2. The largest absolute Gasteiger partial charge is 0.354 e. The van der Waals surface area contributed by atoms with Gasteiger partial charge in [0.15, 0.2) is 0 Å². The lowest BCUT2D eigenvalue weighted by molar-refractivity contribution is 0.102. The highest BCUT2D eigenvalue weighted by molar-refractivity contribution is 6.42. The molecule has 1 amide bonds. The monoisotopic (exact) mass is 375 g/mol. The van der Waals surface area contributed by atoms with E-state index in [0.29, 0.717) is 15.7 Å². The normalized spacial score (nSPS) is 10.4. The van der Waals surface area contributed by atoms with Crippen molar-refractivity contribution in [1.82, 2.24) is 4.98 Å². The molecule has 0 radical (unpaired) electrons. The van der Waals surface area contributed by atoms with Crippen molar-refractivity contribution in [3.8, 4) is 0 Å². The Labute approximate surface area is 153 Å². The predicted octanol–water partition coefficient (Wildman–Crippen LogP) is 5.52. The number of hydrogen-bond donors (Lipinski definition) is 2. The van der Waals surface area contributed by atoms with Crippen molar-refractivity contribution in [3.63, 3.8) is 0 Å². The Morgan fingerprint density at radius 3 is 2.40 bits per heavy atom. The zero-order chi connectivity index (χ0) is 17.8. The van der Waals surface area contributed by atoms with Gasteiger partial charge in [-0.1, -0.05) is 35.3 Å². The van der Waals surface area contributed by atoms with E-state index in [1.807, 2.05) is 0 Å². The minimum atomic E-state index is -0.506. The maximum Gasteiger partial charge on any atom is 0.274 e. The van der Waals surface area contributed by atoms with Crippen molar-refractivity contribution in [2.75, 3.05) is 10.6 Å². The van der Waals surface area contributed by atoms with Gasteiger partial charge in [0.2, 0.25) is 0 Å². The van der Waals surface area contributed by atoms with Gasteiger partial charge in [-0.3, -0.25) is 4.79 Å². The molecule has 0 aliphatic heterocycles. The van der Waals surface area contributed by atoms with E-state index in [1.54, 1.807) is 36.4 Å². The SMILES string of the molecule is O=C(Nc1ccccc1F)c1ccc(Nc2ccc(Cl)c(Cl)c2)cn1. The average Bonchev–Trinajstić information content (AvgIpc) is 2.61. The molecule has 0 saturated carbocycles. The summed E-state index contributed by atoms with van der Waals surface area (Å²) in [5, 5.41) is 6.47. The number of nitrogens with zero attached hydrogens (tertiary/aromatic N) is 1. The number of amides is 1. The molecule has 0 aliphatic carbocycles. The summed E-state index contributed by atoms with van der Waals surface area (Å²) in [6.07, 6.45) is 1.50. The maximum absolute atomic E-state index is 13.6. The minimum absolute atomic E-state index is 0.104. The van der Waals surface area contributed by atoms with Gasteiger partial charge in [-0.25, -0.2) is 9.37 Å². The molecule has 0 aliphatic rings. The van der Waals surface area contributed by atoms with Crippen LogP contribution < -0.4 is 10.6 Å². The molecule has 0 fully saturated rings. The standard InChI is InChI=1S/C18H12Cl2FN3O/c19-13-7-5-11(9-14(13)20)23-12-6-8-17(22-10-12)18(25)24-16-4-2-1-3-15(16)21/h1-10,23H,(H,24,25). The Bertz CT molecular complexity index is 916. The molecular weight excluding hydrogens is 364 g/mol. The molecule has 126 valence electrons. The average molecular weight is 376 g/mol. The van der Waals surface area contributed by atoms with Gasteiger partial charge >= 0.3 is 0 Å². The molecule has 3 rings (SSSR count). The van der Waals surface area contributed by atoms with Crippen LogP contribution in [0, 0.1) is 5.82 Å². The van der Waals surface area contributed by atoms with Gasteiger partial charge < -0.3 is 10.6 Å². The third-order valence-corrected chi connectivity index (χ3v) is 4.07. The Morgan fingerprint density at radius 2 is 1.72 bits per heavy atom. The highest BCUT2D eigenvalue weighted by Crippen LogP contribution is 2.26. The van der Waals surface area contributed by atoms with Crippen molar-refractivity contribution in [1.29, 1.82) is 0 Å². The Morgan fingerprint density at radius 1 is 0.960 bits per heavy atom. The second kappa shape index (κ2) is 7.51. The molecular formula is C18H12Cl2FN3O. The zero-order valence-electron chi connectivity index (χ0n) is 12.8. The van der Waals surface area contributed by atoms with Crippen molar-refractivity contribution in [2.24, 2.45) is 0 Å². The lowest BCUT2D eigenvalue weighted by Gasteiger charge is -2.09. The number of halogens is 3. The number of carbonyl (C=O) groups excluding carboxylic acids is 1. The lowest BCUT2D eigenvalue weighted by Crippen LogP contribution is -2.14. The summed E-state index contributed by atoms with van der Waals surface area (Å²) in [7, 11) is 0. The van der Waals surface area contributed by atoms with E-state index in [9.17, 15) is 9.18 Å². The third kappa shape index (κ3) is 4.26.